The molecule has 9 heteroatoms. The van der Waals surface area contributed by atoms with Gasteiger partial charge in [-0.2, -0.15) is 0 Å². The number of hydrogen-bond acceptors (Lipinski definition) is 6. The van der Waals surface area contributed by atoms with E-state index in [0.29, 0.717) is 17.3 Å². The van der Waals surface area contributed by atoms with Crippen LogP contribution in [0.25, 0.3) is 11.3 Å². The monoisotopic (exact) mass is 464 g/mol. The Hall–Kier alpha value is -2.32. The molecular weight excluding hydrogens is 439 g/mol. The van der Waals surface area contributed by atoms with E-state index < -0.39 is 0 Å². The Balaban J connectivity index is 0.00000272. The second-order valence-corrected chi connectivity index (χ2v) is 8.03. The molecule has 3 heterocycles. The number of aryl methyl sites for hydroxylation is 1. The fraction of sp³-hybridized carbons (Fsp3) is 0.364. The summed E-state index contributed by atoms with van der Waals surface area (Å²) >= 11 is 5.93. The number of carbonyl (C=O) groups excluding carboxylic acids is 1. The maximum atomic E-state index is 12.7. The van der Waals surface area contributed by atoms with Crippen molar-refractivity contribution in [1.29, 1.82) is 0 Å². The molecule has 0 saturated carbocycles. The largest absolute Gasteiger partial charge is 0.465 e. The Morgan fingerprint density at radius 1 is 1.16 bits per heavy atom. The number of amides is 1. The first-order valence-corrected chi connectivity index (χ1v) is 10.4. The number of furan rings is 1. The van der Waals surface area contributed by atoms with Crippen LogP contribution in [0.15, 0.2) is 51.4 Å². The van der Waals surface area contributed by atoms with Crippen LogP contribution in [-0.4, -0.2) is 60.6 Å². The van der Waals surface area contributed by atoms with E-state index in [1.165, 1.54) is 0 Å². The summed E-state index contributed by atoms with van der Waals surface area (Å²) in [5, 5.41) is 7.56. The number of carbonyl (C=O) groups is 1. The number of hydrogen-bond donors (Lipinski definition) is 1. The lowest BCUT2D eigenvalue weighted by atomic mass is 10.1. The molecule has 0 radical (unpaired) electrons. The van der Waals surface area contributed by atoms with Crippen LogP contribution >= 0.6 is 24.0 Å². The minimum absolute atomic E-state index is 0. The number of halogens is 2. The van der Waals surface area contributed by atoms with Crippen molar-refractivity contribution in [3.63, 3.8) is 0 Å². The van der Waals surface area contributed by atoms with E-state index >= 15 is 0 Å². The summed E-state index contributed by atoms with van der Waals surface area (Å²) in [7, 11) is 2.12. The fourth-order valence-corrected chi connectivity index (χ4v) is 3.71. The summed E-state index contributed by atoms with van der Waals surface area (Å²) < 4.78 is 11.2. The topological polar surface area (TPSA) is 74.8 Å². The minimum atomic E-state index is -0.277. The van der Waals surface area contributed by atoms with Gasteiger partial charge in [-0.05, 0) is 50.4 Å². The number of aromatic nitrogens is 1. The van der Waals surface area contributed by atoms with Crippen LogP contribution in [0.4, 0.5) is 0 Å². The van der Waals surface area contributed by atoms with Crippen LogP contribution in [0, 0.1) is 6.92 Å². The highest BCUT2D eigenvalue weighted by Gasteiger charge is 2.27. The van der Waals surface area contributed by atoms with E-state index in [1.54, 1.807) is 18.2 Å². The first-order valence-electron chi connectivity index (χ1n) is 9.99. The zero-order chi connectivity index (χ0) is 21.1. The standard InChI is InChI=1S/C22H25ClN4O3.ClH/c1-15-3-8-20(29-15)19(27-11-9-26(2)10-12-27)14-24-22(28)18-13-21(30-25-18)16-4-6-17(23)7-5-16;/h3-8,13,19H,9-12,14H2,1-2H3,(H,24,28);1H. The smallest absolute Gasteiger partial charge is 0.273 e. The molecule has 4 rings (SSSR count). The molecule has 166 valence electrons. The molecule has 0 bridgehead atoms. The SMILES string of the molecule is Cc1ccc(C(CNC(=O)c2cc(-c3ccc(Cl)cc3)on2)N2CCN(C)CC2)o1.Cl. The quantitative estimate of drug-likeness (QED) is 0.593. The van der Waals surface area contributed by atoms with E-state index in [1.807, 2.05) is 31.2 Å². The second kappa shape index (κ2) is 10.3. The number of benzene rings is 1. The molecular formula is C22H26Cl2N4O3. The van der Waals surface area contributed by atoms with Crippen molar-refractivity contribution in [2.45, 2.75) is 13.0 Å². The molecule has 7 nitrogen and oxygen atoms in total. The van der Waals surface area contributed by atoms with Gasteiger partial charge in [0.05, 0.1) is 6.04 Å². The zero-order valence-corrected chi connectivity index (χ0v) is 19.1. The molecule has 1 atom stereocenters. The summed E-state index contributed by atoms with van der Waals surface area (Å²) in [4.78, 5) is 17.4. The normalized spacial score (nSPS) is 16.0. The molecule has 1 amide bonds. The van der Waals surface area contributed by atoms with E-state index in [-0.39, 0.29) is 30.0 Å². The van der Waals surface area contributed by atoms with Gasteiger partial charge in [-0.1, -0.05) is 16.8 Å². The first kappa shape index (κ1) is 23.3. The molecule has 1 N–H and O–H groups in total. The van der Waals surface area contributed by atoms with Gasteiger partial charge >= 0.3 is 0 Å². The van der Waals surface area contributed by atoms with E-state index in [2.05, 4.69) is 27.3 Å². The third-order valence-electron chi connectivity index (χ3n) is 5.40. The van der Waals surface area contributed by atoms with Gasteiger partial charge in [-0.25, -0.2) is 0 Å². The lowest BCUT2D eigenvalue weighted by Gasteiger charge is -2.37. The zero-order valence-electron chi connectivity index (χ0n) is 17.5. The average molecular weight is 465 g/mol. The second-order valence-electron chi connectivity index (χ2n) is 7.60. The number of piperazine rings is 1. The molecule has 1 fully saturated rings. The number of nitrogens with zero attached hydrogens (tertiary/aromatic N) is 3. The Morgan fingerprint density at radius 3 is 2.52 bits per heavy atom. The van der Waals surface area contributed by atoms with Crippen molar-refractivity contribution >= 4 is 29.9 Å². The Morgan fingerprint density at radius 2 is 1.87 bits per heavy atom. The van der Waals surface area contributed by atoms with Crippen LogP contribution in [0.3, 0.4) is 0 Å². The van der Waals surface area contributed by atoms with Crippen LogP contribution in [0.1, 0.15) is 28.1 Å². The van der Waals surface area contributed by atoms with Crippen molar-refractivity contribution in [2.75, 3.05) is 39.8 Å². The lowest BCUT2D eigenvalue weighted by Crippen LogP contribution is -2.48. The molecule has 31 heavy (non-hydrogen) atoms. The van der Waals surface area contributed by atoms with E-state index in [0.717, 1.165) is 43.3 Å². The molecule has 1 aromatic carbocycles. The van der Waals surface area contributed by atoms with Crippen molar-refractivity contribution in [1.82, 2.24) is 20.3 Å². The molecule has 0 aliphatic carbocycles. The van der Waals surface area contributed by atoms with Gasteiger partial charge in [-0.3, -0.25) is 9.69 Å². The Kier molecular flexibility index (Phi) is 7.78. The van der Waals surface area contributed by atoms with Crippen LogP contribution in [0.2, 0.25) is 5.02 Å². The molecule has 2 aromatic heterocycles. The minimum Gasteiger partial charge on any atom is -0.465 e. The molecule has 0 spiro atoms. The highest BCUT2D eigenvalue weighted by atomic mass is 35.5. The van der Waals surface area contributed by atoms with Gasteiger partial charge in [0.15, 0.2) is 11.5 Å². The summed E-state index contributed by atoms with van der Waals surface area (Å²) in [6.45, 7) is 6.16. The van der Waals surface area contributed by atoms with Crippen molar-refractivity contribution in [3.05, 3.63) is 64.7 Å². The molecule has 1 unspecified atom stereocenters. The summed E-state index contributed by atoms with van der Waals surface area (Å²) in [6.07, 6.45) is 0. The Bertz CT molecular complexity index is 994. The van der Waals surface area contributed by atoms with Crippen molar-refractivity contribution in [2.24, 2.45) is 0 Å². The maximum Gasteiger partial charge on any atom is 0.273 e. The van der Waals surface area contributed by atoms with E-state index in [9.17, 15) is 4.79 Å². The van der Waals surface area contributed by atoms with Gasteiger partial charge in [-0.15, -0.1) is 12.4 Å². The molecule has 1 aliphatic rings. The fourth-order valence-electron chi connectivity index (χ4n) is 3.59. The summed E-state index contributed by atoms with van der Waals surface area (Å²) in [6, 6.07) is 12.7. The summed E-state index contributed by atoms with van der Waals surface area (Å²) in [5.74, 6) is 1.97. The maximum absolute atomic E-state index is 12.7. The van der Waals surface area contributed by atoms with Crippen LogP contribution in [0.5, 0.6) is 0 Å². The third-order valence-corrected chi connectivity index (χ3v) is 5.65. The first-order chi connectivity index (χ1) is 14.5. The average Bonchev–Trinajstić information content (AvgIpc) is 3.39. The van der Waals surface area contributed by atoms with Gasteiger partial charge < -0.3 is 19.2 Å². The highest BCUT2D eigenvalue weighted by molar-refractivity contribution is 6.30. The van der Waals surface area contributed by atoms with Gasteiger partial charge in [0.1, 0.15) is 11.5 Å². The van der Waals surface area contributed by atoms with Crippen molar-refractivity contribution in [3.8, 4) is 11.3 Å². The predicted octanol–water partition coefficient (Wildman–Crippen LogP) is 4.04. The number of nitrogens with one attached hydrogen (secondary N) is 1. The third kappa shape index (κ3) is 5.68. The van der Waals surface area contributed by atoms with Gasteiger partial charge in [0, 0.05) is 49.4 Å². The molecule has 1 saturated heterocycles. The van der Waals surface area contributed by atoms with Crippen LogP contribution < -0.4 is 5.32 Å². The van der Waals surface area contributed by atoms with Gasteiger partial charge in [0.2, 0.25) is 0 Å². The van der Waals surface area contributed by atoms with E-state index in [4.69, 9.17) is 20.5 Å². The summed E-state index contributed by atoms with van der Waals surface area (Å²) in [5.41, 5.74) is 1.06. The number of rotatable bonds is 6. The van der Waals surface area contributed by atoms with Crippen LogP contribution in [-0.2, 0) is 0 Å². The Labute approximate surface area is 192 Å². The van der Waals surface area contributed by atoms with Crippen molar-refractivity contribution < 1.29 is 13.7 Å². The molecule has 3 aromatic rings. The molecule has 1 aliphatic heterocycles. The number of likely N-dealkylation sites (N-methyl/N-ethyl adjacent to an activating group) is 1. The predicted molar refractivity (Wildman–Crippen MR) is 122 cm³/mol. The highest BCUT2D eigenvalue weighted by Crippen LogP contribution is 2.25. The van der Waals surface area contributed by atoms with Gasteiger partial charge in [0.25, 0.3) is 5.91 Å². The lowest BCUT2D eigenvalue weighted by molar-refractivity contribution is 0.0843.